The number of hydrogen-bond donors (Lipinski definition) is 2. The summed E-state index contributed by atoms with van der Waals surface area (Å²) in [4.78, 5) is 19.0. The van der Waals surface area contributed by atoms with Gasteiger partial charge in [-0.25, -0.2) is 4.98 Å². The first-order valence-electron chi connectivity index (χ1n) is 7.07. The second kappa shape index (κ2) is 5.61. The number of nitrogens with two attached hydrogens (primary N) is 1. The Kier molecular flexibility index (Phi) is 3.66. The van der Waals surface area contributed by atoms with Gasteiger partial charge in [-0.05, 0) is 18.9 Å². The largest absolute Gasteiger partial charge is 0.364 e. The number of nitrogens with zero attached hydrogens (tertiary/aromatic N) is 3. The maximum absolute atomic E-state index is 10.7. The van der Waals surface area contributed by atoms with Gasteiger partial charge in [0.15, 0.2) is 0 Å². The molecule has 110 valence electrons. The van der Waals surface area contributed by atoms with Crippen LogP contribution in [0.4, 0.5) is 11.5 Å². The third-order valence-corrected chi connectivity index (χ3v) is 3.89. The molecule has 2 atom stereocenters. The zero-order chi connectivity index (χ0) is 14.8. The van der Waals surface area contributed by atoms with E-state index in [4.69, 9.17) is 5.73 Å². The SMILES string of the molecule is N[C@@H]1CCCC[C@@H]1Nc1cnc2cc([N+](=O)[O-])ccc2n1. The smallest absolute Gasteiger partial charge is 0.271 e. The summed E-state index contributed by atoms with van der Waals surface area (Å²) < 4.78 is 0. The van der Waals surface area contributed by atoms with E-state index >= 15 is 0 Å². The Balaban J connectivity index is 1.84. The van der Waals surface area contributed by atoms with Crippen molar-refractivity contribution in [2.75, 3.05) is 5.32 Å². The highest BCUT2D eigenvalue weighted by molar-refractivity contribution is 5.78. The fraction of sp³-hybridized carbons (Fsp3) is 0.429. The lowest BCUT2D eigenvalue weighted by atomic mass is 9.91. The second-order valence-corrected chi connectivity index (χ2v) is 5.38. The first-order valence-corrected chi connectivity index (χ1v) is 7.07. The van der Waals surface area contributed by atoms with Crippen LogP contribution in [0.25, 0.3) is 11.0 Å². The molecule has 1 heterocycles. The molecule has 3 N–H and O–H groups in total. The Morgan fingerprint density at radius 2 is 2.10 bits per heavy atom. The van der Waals surface area contributed by atoms with Crippen LogP contribution in [0.3, 0.4) is 0 Å². The van der Waals surface area contributed by atoms with Gasteiger partial charge in [-0.2, -0.15) is 0 Å². The summed E-state index contributed by atoms with van der Waals surface area (Å²) in [5, 5.41) is 14.1. The number of aromatic nitrogens is 2. The van der Waals surface area contributed by atoms with E-state index < -0.39 is 4.92 Å². The molecule has 0 radical (unpaired) electrons. The number of nitrogens with one attached hydrogen (secondary N) is 1. The lowest BCUT2D eigenvalue weighted by molar-refractivity contribution is -0.384. The van der Waals surface area contributed by atoms with Crippen LogP contribution in [0, 0.1) is 10.1 Å². The average molecular weight is 287 g/mol. The summed E-state index contributed by atoms with van der Waals surface area (Å²) in [5.41, 5.74) is 7.28. The Morgan fingerprint density at radius 3 is 2.86 bits per heavy atom. The number of nitro benzene ring substituents is 1. The minimum absolute atomic E-state index is 0.0202. The molecule has 1 aliphatic carbocycles. The van der Waals surface area contributed by atoms with Crippen LogP contribution in [0.15, 0.2) is 24.4 Å². The number of anilines is 1. The molecule has 1 saturated carbocycles. The molecule has 7 heteroatoms. The maximum atomic E-state index is 10.7. The third kappa shape index (κ3) is 2.92. The second-order valence-electron chi connectivity index (χ2n) is 5.38. The van der Waals surface area contributed by atoms with E-state index in [0.29, 0.717) is 16.9 Å². The predicted molar refractivity (Wildman–Crippen MR) is 80.0 cm³/mol. The first kappa shape index (κ1) is 13.7. The number of non-ortho nitro benzene ring substituents is 1. The average Bonchev–Trinajstić information content (AvgIpc) is 2.49. The summed E-state index contributed by atoms with van der Waals surface area (Å²) >= 11 is 0. The normalized spacial score (nSPS) is 22.1. The summed E-state index contributed by atoms with van der Waals surface area (Å²) in [7, 11) is 0. The van der Waals surface area contributed by atoms with Crippen molar-refractivity contribution in [3.8, 4) is 0 Å². The minimum Gasteiger partial charge on any atom is -0.364 e. The molecule has 0 bridgehead atoms. The van der Waals surface area contributed by atoms with Crippen molar-refractivity contribution in [3.05, 3.63) is 34.5 Å². The summed E-state index contributed by atoms with van der Waals surface area (Å²) in [6.45, 7) is 0. The zero-order valence-electron chi connectivity index (χ0n) is 11.5. The van der Waals surface area contributed by atoms with Gasteiger partial charge >= 0.3 is 0 Å². The van der Waals surface area contributed by atoms with E-state index in [0.717, 1.165) is 12.8 Å². The third-order valence-electron chi connectivity index (χ3n) is 3.89. The predicted octanol–water partition coefficient (Wildman–Crippen LogP) is 2.22. The summed E-state index contributed by atoms with van der Waals surface area (Å²) in [6, 6.07) is 4.83. The highest BCUT2D eigenvalue weighted by Crippen LogP contribution is 2.22. The Bertz CT molecular complexity index is 675. The summed E-state index contributed by atoms with van der Waals surface area (Å²) in [5.74, 6) is 0.665. The van der Waals surface area contributed by atoms with Crippen LogP contribution < -0.4 is 11.1 Å². The highest BCUT2D eigenvalue weighted by Gasteiger charge is 2.22. The number of nitro groups is 1. The monoisotopic (exact) mass is 287 g/mol. The van der Waals surface area contributed by atoms with Crippen LogP contribution >= 0.6 is 0 Å². The molecule has 3 rings (SSSR count). The van der Waals surface area contributed by atoms with Gasteiger partial charge in [-0.1, -0.05) is 12.8 Å². The van der Waals surface area contributed by atoms with E-state index in [9.17, 15) is 10.1 Å². The van der Waals surface area contributed by atoms with Crippen molar-refractivity contribution >= 4 is 22.5 Å². The lowest BCUT2D eigenvalue weighted by Gasteiger charge is -2.29. The Hall–Kier alpha value is -2.28. The number of rotatable bonds is 3. The van der Waals surface area contributed by atoms with Gasteiger partial charge in [-0.15, -0.1) is 0 Å². The molecule has 0 unspecified atom stereocenters. The first-order chi connectivity index (χ1) is 10.1. The molecular formula is C14H17N5O2. The number of fused-ring (bicyclic) bond motifs is 1. The van der Waals surface area contributed by atoms with Crippen molar-refractivity contribution in [2.24, 2.45) is 5.73 Å². The van der Waals surface area contributed by atoms with Crippen LogP contribution in [0.1, 0.15) is 25.7 Å². The molecule has 2 aromatic rings. The van der Waals surface area contributed by atoms with Crippen molar-refractivity contribution in [2.45, 2.75) is 37.8 Å². The standard InChI is InChI=1S/C14H17N5O2/c15-10-3-1-2-4-11(10)17-14-8-16-13-7-9(19(20)21)5-6-12(13)18-14/h5-8,10-11H,1-4,15H2,(H,17,18)/t10-,11+/m1/s1. The van der Waals surface area contributed by atoms with Gasteiger partial charge in [0.2, 0.25) is 0 Å². The zero-order valence-corrected chi connectivity index (χ0v) is 11.5. The topological polar surface area (TPSA) is 107 Å². The molecule has 21 heavy (non-hydrogen) atoms. The maximum Gasteiger partial charge on any atom is 0.271 e. The van der Waals surface area contributed by atoms with Crippen LogP contribution in [-0.4, -0.2) is 27.0 Å². The van der Waals surface area contributed by atoms with Gasteiger partial charge in [0.1, 0.15) is 5.82 Å². The summed E-state index contributed by atoms with van der Waals surface area (Å²) in [6.07, 6.45) is 5.99. The van der Waals surface area contributed by atoms with Gasteiger partial charge < -0.3 is 11.1 Å². The molecule has 1 aliphatic rings. The van der Waals surface area contributed by atoms with E-state index in [1.165, 1.54) is 25.0 Å². The fourth-order valence-electron chi connectivity index (χ4n) is 2.71. The Labute approximate surface area is 121 Å². The van der Waals surface area contributed by atoms with E-state index in [1.807, 2.05) is 0 Å². The minimum atomic E-state index is -0.436. The quantitative estimate of drug-likeness (QED) is 0.662. The van der Waals surface area contributed by atoms with Crippen molar-refractivity contribution in [1.29, 1.82) is 0 Å². The molecule has 7 nitrogen and oxygen atoms in total. The number of hydrogen-bond acceptors (Lipinski definition) is 6. The van der Waals surface area contributed by atoms with Gasteiger partial charge in [-0.3, -0.25) is 15.1 Å². The molecule has 1 aromatic heterocycles. The van der Waals surface area contributed by atoms with E-state index in [2.05, 4.69) is 15.3 Å². The lowest BCUT2D eigenvalue weighted by Crippen LogP contribution is -2.42. The molecule has 0 aliphatic heterocycles. The highest BCUT2D eigenvalue weighted by atomic mass is 16.6. The van der Waals surface area contributed by atoms with Gasteiger partial charge in [0.25, 0.3) is 5.69 Å². The Morgan fingerprint density at radius 1 is 1.29 bits per heavy atom. The van der Waals surface area contributed by atoms with Crippen LogP contribution in [-0.2, 0) is 0 Å². The van der Waals surface area contributed by atoms with Crippen LogP contribution in [0.2, 0.25) is 0 Å². The molecule has 0 amide bonds. The van der Waals surface area contributed by atoms with Crippen molar-refractivity contribution < 1.29 is 4.92 Å². The van der Waals surface area contributed by atoms with E-state index in [-0.39, 0.29) is 17.8 Å². The van der Waals surface area contributed by atoms with Crippen molar-refractivity contribution in [3.63, 3.8) is 0 Å². The van der Waals surface area contributed by atoms with Gasteiger partial charge in [0.05, 0.1) is 22.2 Å². The van der Waals surface area contributed by atoms with Crippen molar-refractivity contribution in [1.82, 2.24) is 9.97 Å². The molecule has 1 aromatic carbocycles. The molecule has 1 fully saturated rings. The van der Waals surface area contributed by atoms with Crippen LogP contribution in [0.5, 0.6) is 0 Å². The van der Waals surface area contributed by atoms with Gasteiger partial charge in [0, 0.05) is 24.2 Å². The fourth-order valence-corrected chi connectivity index (χ4v) is 2.71. The molecule has 0 saturated heterocycles. The number of benzene rings is 1. The molecular weight excluding hydrogens is 270 g/mol. The molecule has 0 spiro atoms. The van der Waals surface area contributed by atoms with E-state index in [1.54, 1.807) is 12.3 Å².